The zero-order valence-electron chi connectivity index (χ0n) is 14.3. The molecule has 6 heteroatoms. The average molecular weight is 322 g/mol. The van der Waals surface area contributed by atoms with Crippen LogP contribution in [0.4, 0.5) is 0 Å². The van der Waals surface area contributed by atoms with Crippen molar-refractivity contribution in [2.24, 2.45) is 0 Å². The van der Waals surface area contributed by atoms with E-state index in [1.54, 1.807) is 19.2 Å². The molecule has 0 saturated carbocycles. The lowest BCUT2D eigenvalue weighted by Gasteiger charge is -2.23. The fraction of sp³-hybridized carbons (Fsp3) is 0.588. The second-order valence-corrected chi connectivity index (χ2v) is 5.55. The maximum Gasteiger partial charge on any atom is 0.255 e. The van der Waals surface area contributed by atoms with Crippen LogP contribution < -0.4 is 19.5 Å². The first-order chi connectivity index (χ1) is 11.1. The molecule has 1 aromatic rings. The molecular formula is C17H26N2O4. The number of carbonyl (C=O) groups is 1. The number of nitrogens with zero attached hydrogens (tertiary/aromatic N) is 1. The van der Waals surface area contributed by atoms with Gasteiger partial charge < -0.3 is 19.5 Å². The number of hydrogen-bond acceptors (Lipinski definition) is 5. The van der Waals surface area contributed by atoms with Crippen LogP contribution in [-0.2, 0) is 0 Å². The van der Waals surface area contributed by atoms with Crippen molar-refractivity contribution in [3.63, 3.8) is 0 Å². The van der Waals surface area contributed by atoms with Gasteiger partial charge in [0.2, 0.25) is 0 Å². The molecule has 0 aromatic heterocycles. The van der Waals surface area contributed by atoms with Gasteiger partial charge in [-0.15, -0.1) is 0 Å². The molecule has 1 amide bonds. The van der Waals surface area contributed by atoms with Gasteiger partial charge in [-0.1, -0.05) is 6.92 Å². The predicted molar refractivity (Wildman–Crippen MR) is 88.7 cm³/mol. The van der Waals surface area contributed by atoms with Crippen LogP contribution in [0.25, 0.3) is 0 Å². The highest BCUT2D eigenvalue weighted by atomic mass is 16.5. The van der Waals surface area contributed by atoms with Gasteiger partial charge in [-0.25, -0.2) is 0 Å². The number of ether oxygens (including phenoxy) is 3. The third-order valence-electron chi connectivity index (χ3n) is 4.34. The fourth-order valence-electron chi connectivity index (χ4n) is 3.07. The Morgan fingerprint density at radius 1 is 1.26 bits per heavy atom. The van der Waals surface area contributed by atoms with Gasteiger partial charge in [0.05, 0.1) is 26.9 Å². The van der Waals surface area contributed by atoms with Gasteiger partial charge >= 0.3 is 0 Å². The lowest BCUT2D eigenvalue weighted by molar-refractivity contribution is 0.0937. The molecule has 0 spiro atoms. The molecule has 23 heavy (non-hydrogen) atoms. The summed E-state index contributed by atoms with van der Waals surface area (Å²) in [6, 6.07) is 3.77. The normalized spacial score (nSPS) is 17.8. The first-order valence-electron chi connectivity index (χ1n) is 7.96. The topological polar surface area (TPSA) is 60.0 Å². The van der Waals surface area contributed by atoms with Crippen molar-refractivity contribution >= 4 is 5.91 Å². The molecule has 1 aliphatic rings. The minimum absolute atomic E-state index is 0.179. The number of likely N-dealkylation sites (N-methyl/N-ethyl adjacent to an activating group) is 1. The number of rotatable bonds is 7. The molecule has 1 unspecified atom stereocenters. The Bertz CT molecular complexity index is 548. The van der Waals surface area contributed by atoms with Crippen LogP contribution in [0, 0.1) is 0 Å². The molecule has 1 aromatic carbocycles. The summed E-state index contributed by atoms with van der Waals surface area (Å²) in [4.78, 5) is 15.0. The Kier molecular flexibility index (Phi) is 6.10. The lowest BCUT2D eigenvalue weighted by Crippen LogP contribution is -2.40. The van der Waals surface area contributed by atoms with Crippen LogP contribution in [0.1, 0.15) is 30.1 Å². The van der Waals surface area contributed by atoms with E-state index in [0.29, 0.717) is 35.4 Å². The molecule has 1 saturated heterocycles. The van der Waals surface area contributed by atoms with E-state index in [9.17, 15) is 4.79 Å². The summed E-state index contributed by atoms with van der Waals surface area (Å²) in [6.45, 7) is 4.90. The molecule has 2 rings (SSSR count). The van der Waals surface area contributed by atoms with Crippen molar-refractivity contribution in [3.8, 4) is 17.2 Å². The van der Waals surface area contributed by atoms with Crippen LogP contribution in [0.15, 0.2) is 12.1 Å². The third kappa shape index (κ3) is 3.88. The quantitative estimate of drug-likeness (QED) is 0.831. The molecule has 0 radical (unpaired) electrons. The maximum absolute atomic E-state index is 12.6. The Labute approximate surface area is 137 Å². The van der Waals surface area contributed by atoms with Gasteiger partial charge in [0.25, 0.3) is 5.91 Å². The predicted octanol–water partition coefficient (Wildman–Crippen LogP) is 1.93. The number of methoxy groups -OCH3 is 3. The van der Waals surface area contributed by atoms with Crippen molar-refractivity contribution in [2.75, 3.05) is 41.0 Å². The first-order valence-corrected chi connectivity index (χ1v) is 7.96. The maximum atomic E-state index is 12.6. The SMILES string of the molecule is CCN1CCCC1CNC(=O)c1cc(OC)cc(OC)c1OC. The molecule has 1 fully saturated rings. The van der Waals surface area contributed by atoms with Gasteiger partial charge in [0.15, 0.2) is 11.5 Å². The summed E-state index contributed by atoms with van der Waals surface area (Å²) in [5.41, 5.74) is 0.421. The highest BCUT2D eigenvalue weighted by Gasteiger charge is 2.25. The minimum Gasteiger partial charge on any atom is -0.497 e. The number of hydrogen-bond donors (Lipinski definition) is 1. The zero-order valence-corrected chi connectivity index (χ0v) is 14.3. The van der Waals surface area contributed by atoms with Crippen LogP contribution in [0.3, 0.4) is 0 Å². The summed E-state index contributed by atoms with van der Waals surface area (Å²) in [7, 11) is 4.62. The average Bonchev–Trinajstić information content (AvgIpc) is 3.05. The monoisotopic (exact) mass is 322 g/mol. The van der Waals surface area contributed by atoms with E-state index >= 15 is 0 Å². The van der Waals surface area contributed by atoms with Crippen molar-refractivity contribution in [1.82, 2.24) is 10.2 Å². The Morgan fingerprint density at radius 2 is 2.04 bits per heavy atom. The molecule has 128 valence electrons. The smallest absolute Gasteiger partial charge is 0.255 e. The number of carbonyl (C=O) groups excluding carboxylic acids is 1. The summed E-state index contributed by atoms with van der Waals surface area (Å²) in [5.74, 6) is 1.28. The van der Waals surface area contributed by atoms with Crippen molar-refractivity contribution < 1.29 is 19.0 Å². The van der Waals surface area contributed by atoms with Crippen LogP contribution in [-0.4, -0.2) is 57.8 Å². The number of nitrogens with one attached hydrogen (secondary N) is 1. The molecule has 1 heterocycles. The van der Waals surface area contributed by atoms with Crippen molar-refractivity contribution in [1.29, 1.82) is 0 Å². The second kappa shape index (κ2) is 8.06. The zero-order chi connectivity index (χ0) is 16.8. The summed E-state index contributed by atoms with van der Waals surface area (Å²) < 4.78 is 15.9. The standard InChI is InChI=1S/C17H26N2O4/c1-5-19-8-6-7-12(19)11-18-17(20)14-9-13(21-2)10-15(22-3)16(14)23-4/h9-10,12H,5-8,11H2,1-4H3,(H,18,20). The van der Waals surface area contributed by atoms with Crippen LogP contribution in [0.2, 0.25) is 0 Å². The van der Waals surface area contributed by atoms with Crippen LogP contribution in [0.5, 0.6) is 17.2 Å². The van der Waals surface area contributed by atoms with Crippen LogP contribution >= 0.6 is 0 Å². The van der Waals surface area contributed by atoms with Crippen molar-refractivity contribution in [2.45, 2.75) is 25.8 Å². The summed E-state index contributed by atoms with van der Waals surface area (Å²) in [5, 5.41) is 3.01. The van der Waals surface area contributed by atoms with E-state index in [1.165, 1.54) is 20.6 Å². The van der Waals surface area contributed by atoms with E-state index in [4.69, 9.17) is 14.2 Å². The van der Waals surface area contributed by atoms with E-state index in [2.05, 4.69) is 17.1 Å². The van der Waals surface area contributed by atoms with Gasteiger partial charge in [-0.2, -0.15) is 0 Å². The largest absolute Gasteiger partial charge is 0.497 e. The van der Waals surface area contributed by atoms with E-state index in [0.717, 1.165) is 19.5 Å². The molecule has 1 N–H and O–H groups in total. The molecule has 0 bridgehead atoms. The number of benzene rings is 1. The minimum atomic E-state index is -0.179. The number of likely N-dealkylation sites (tertiary alicyclic amines) is 1. The van der Waals surface area contributed by atoms with Gasteiger partial charge in [0, 0.05) is 18.7 Å². The number of amides is 1. The van der Waals surface area contributed by atoms with Crippen molar-refractivity contribution in [3.05, 3.63) is 17.7 Å². The summed E-state index contributed by atoms with van der Waals surface area (Å²) >= 11 is 0. The van der Waals surface area contributed by atoms with Gasteiger partial charge in [-0.05, 0) is 32.0 Å². The molecular weight excluding hydrogens is 296 g/mol. The highest BCUT2D eigenvalue weighted by molar-refractivity contribution is 5.98. The summed E-state index contributed by atoms with van der Waals surface area (Å²) in [6.07, 6.45) is 2.30. The van der Waals surface area contributed by atoms with Gasteiger partial charge in [0.1, 0.15) is 5.75 Å². The Hall–Kier alpha value is -1.95. The highest BCUT2D eigenvalue weighted by Crippen LogP contribution is 2.35. The molecule has 1 aliphatic heterocycles. The fourth-order valence-corrected chi connectivity index (χ4v) is 3.07. The molecule has 1 atom stereocenters. The van der Waals surface area contributed by atoms with Gasteiger partial charge in [-0.3, -0.25) is 9.69 Å². The Balaban J connectivity index is 2.14. The Morgan fingerprint density at radius 3 is 2.65 bits per heavy atom. The first kappa shape index (κ1) is 17.4. The van der Waals surface area contributed by atoms with E-state index in [-0.39, 0.29) is 5.91 Å². The molecule has 6 nitrogen and oxygen atoms in total. The lowest BCUT2D eigenvalue weighted by atomic mass is 10.1. The second-order valence-electron chi connectivity index (χ2n) is 5.55. The third-order valence-corrected chi connectivity index (χ3v) is 4.34. The van der Waals surface area contributed by atoms with E-state index in [1.807, 2.05) is 0 Å². The molecule has 0 aliphatic carbocycles. The van der Waals surface area contributed by atoms with E-state index < -0.39 is 0 Å².